The lowest BCUT2D eigenvalue weighted by Crippen LogP contribution is -2.29. The number of rotatable bonds is 3. The number of amides is 1. The molecule has 2 atom stereocenters. The summed E-state index contributed by atoms with van der Waals surface area (Å²) in [5, 5.41) is 2.91. The fraction of sp³-hybridized carbons (Fsp3) is 0.500. The fourth-order valence-electron chi connectivity index (χ4n) is 2.33. The van der Waals surface area contributed by atoms with Crippen LogP contribution >= 0.6 is 0 Å². The maximum Gasteiger partial charge on any atom is 0.227 e. The van der Waals surface area contributed by atoms with Crippen molar-refractivity contribution in [1.82, 2.24) is 4.98 Å². The van der Waals surface area contributed by atoms with Crippen LogP contribution in [0.2, 0.25) is 0 Å². The molecule has 2 unspecified atom stereocenters. The maximum atomic E-state index is 12.0. The highest BCUT2D eigenvalue weighted by atomic mass is 16.1. The summed E-state index contributed by atoms with van der Waals surface area (Å²) in [6.07, 6.45) is 6.48. The van der Waals surface area contributed by atoms with E-state index in [1.165, 1.54) is 0 Å². The summed E-state index contributed by atoms with van der Waals surface area (Å²) in [4.78, 5) is 15.9. The van der Waals surface area contributed by atoms with Gasteiger partial charge in [0.2, 0.25) is 5.91 Å². The highest BCUT2D eigenvalue weighted by Gasteiger charge is 2.31. The Morgan fingerprint density at radius 2 is 2.19 bits per heavy atom. The first-order valence-corrected chi connectivity index (χ1v) is 5.72. The number of nitrogens with zero attached hydrogens (tertiary/aromatic N) is 1. The number of hydrogen-bond acceptors (Lipinski definition) is 3. The molecule has 0 saturated heterocycles. The van der Waals surface area contributed by atoms with Crippen LogP contribution in [0.1, 0.15) is 19.3 Å². The van der Waals surface area contributed by atoms with Crippen molar-refractivity contribution in [3.8, 4) is 0 Å². The number of carbonyl (C=O) groups excluding carboxylic acids is 1. The van der Waals surface area contributed by atoms with Crippen LogP contribution in [-0.4, -0.2) is 17.4 Å². The molecule has 0 aromatic carbocycles. The molecule has 4 nitrogen and oxygen atoms in total. The second-order valence-corrected chi connectivity index (χ2v) is 4.26. The minimum absolute atomic E-state index is 0.0816. The van der Waals surface area contributed by atoms with Crippen molar-refractivity contribution in [1.29, 1.82) is 0 Å². The molecule has 16 heavy (non-hydrogen) atoms. The zero-order valence-corrected chi connectivity index (χ0v) is 9.23. The highest BCUT2D eigenvalue weighted by molar-refractivity contribution is 5.92. The summed E-state index contributed by atoms with van der Waals surface area (Å²) < 4.78 is 0. The van der Waals surface area contributed by atoms with Gasteiger partial charge < -0.3 is 11.1 Å². The van der Waals surface area contributed by atoms with Crippen LogP contribution in [0.25, 0.3) is 0 Å². The minimum atomic E-state index is 0.0816. The Hall–Kier alpha value is -1.42. The molecule has 0 spiro atoms. The van der Waals surface area contributed by atoms with E-state index in [2.05, 4.69) is 10.3 Å². The van der Waals surface area contributed by atoms with E-state index in [1.807, 2.05) is 0 Å². The molecule has 1 amide bonds. The third-order valence-corrected chi connectivity index (χ3v) is 3.25. The number of pyridine rings is 1. The molecule has 1 aliphatic carbocycles. The van der Waals surface area contributed by atoms with Gasteiger partial charge in [-0.1, -0.05) is 6.42 Å². The number of anilines is 1. The third kappa shape index (κ3) is 2.39. The van der Waals surface area contributed by atoms with Crippen molar-refractivity contribution in [2.45, 2.75) is 19.3 Å². The average Bonchev–Trinajstić information content (AvgIpc) is 2.78. The van der Waals surface area contributed by atoms with Gasteiger partial charge in [-0.15, -0.1) is 0 Å². The first-order chi connectivity index (χ1) is 7.81. The fourth-order valence-corrected chi connectivity index (χ4v) is 2.33. The molecule has 1 saturated carbocycles. The molecule has 1 fully saturated rings. The Bertz CT molecular complexity index is 353. The first kappa shape index (κ1) is 11.1. The van der Waals surface area contributed by atoms with Crippen molar-refractivity contribution >= 4 is 11.6 Å². The van der Waals surface area contributed by atoms with Crippen molar-refractivity contribution in [2.75, 3.05) is 11.9 Å². The number of aromatic nitrogens is 1. The predicted octanol–water partition coefficient (Wildman–Crippen LogP) is 1.40. The molecule has 0 radical (unpaired) electrons. The number of nitrogens with one attached hydrogen (secondary N) is 1. The van der Waals surface area contributed by atoms with Crippen molar-refractivity contribution in [3.05, 3.63) is 24.5 Å². The van der Waals surface area contributed by atoms with Crippen molar-refractivity contribution in [2.24, 2.45) is 17.6 Å². The summed E-state index contributed by atoms with van der Waals surface area (Å²) in [6, 6.07) is 3.59. The molecule has 4 heteroatoms. The second kappa shape index (κ2) is 5.07. The van der Waals surface area contributed by atoms with E-state index in [9.17, 15) is 4.79 Å². The van der Waals surface area contributed by atoms with E-state index < -0.39 is 0 Å². The molecule has 86 valence electrons. The lowest BCUT2D eigenvalue weighted by molar-refractivity contribution is -0.120. The first-order valence-electron chi connectivity index (χ1n) is 5.72. The normalized spacial score (nSPS) is 24.3. The van der Waals surface area contributed by atoms with Crippen LogP contribution in [0.4, 0.5) is 5.69 Å². The lowest BCUT2D eigenvalue weighted by atomic mass is 9.95. The van der Waals surface area contributed by atoms with Crippen LogP contribution in [0.5, 0.6) is 0 Å². The predicted molar refractivity (Wildman–Crippen MR) is 62.8 cm³/mol. The van der Waals surface area contributed by atoms with E-state index in [0.29, 0.717) is 12.5 Å². The zero-order valence-electron chi connectivity index (χ0n) is 9.23. The number of nitrogens with two attached hydrogens (primary N) is 1. The number of carbonyl (C=O) groups is 1. The van der Waals surface area contributed by atoms with E-state index >= 15 is 0 Å². The van der Waals surface area contributed by atoms with Gasteiger partial charge in [0.25, 0.3) is 0 Å². The molecule has 1 aliphatic rings. The van der Waals surface area contributed by atoms with Gasteiger partial charge in [-0.25, -0.2) is 0 Å². The molecular weight excluding hydrogens is 202 g/mol. The van der Waals surface area contributed by atoms with Gasteiger partial charge in [-0.3, -0.25) is 9.78 Å². The summed E-state index contributed by atoms with van der Waals surface area (Å²) in [5.41, 5.74) is 6.47. The van der Waals surface area contributed by atoms with Crippen LogP contribution in [0, 0.1) is 11.8 Å². The SMILES string of the molecule is NCC1CCCC1C(=O)Nc1ccncc1. The quantitative estimate of drug-likeness (QED) is 0.807. The van der Waals surface area contributed by atoms with E-state index in [-0.39, 0.29) is 11.8 Å². The van der Waals surface area contributed by atoms with Crippen LogP contribution in [0.15, 0.2) is 24.5 Å². The van der Waals surface area contributed by atoms with Gasteiger partial charge in [0.15, 0.2) is 0 Å². The smallest absolute Gasteiger partial charge is 0.227 e. The molecule has 1 aromatic heterocycles. The Labute approximate surface area is 95.3 Å². The largest absolute Gasteiger partial charge is 0.330 e. The van der Waals surface area contributed by atoms with E-state index in [1.54, 1.807) is 24.5 Å². The summed E-state index contributed by atoms with van der Waals surface area (Å²) >= 11 is 0. The van der Waals surface area contributed by atoms with Crippen LogP contribution < -0.4 is 11.1 Å². The summed E-state index contributed by atoms with van der Waals surface area (Å²) in [5.74, 6) is 0.527. The molecule has 2 rings (SSSR count). The van der Waals surface area contributed by atoms with Crippen LogP contribution in [0.3, 0.4) is 0 Å². The Morgan fingerprint density at radius 3 is 2.88 bits per heavy atom. The van der Waals surface area contributed by atoms with Gasteiger partial charge in [-0.05, 0) is 37.4 Å². The topological polar surface area (TPSA) is 68.0 Å². The number of hydrogen-bond donors (Lipinski definition) is 2. The molecule has 1 heterocycles. The summed E-state index contributed by atoms with van der Waals surface area (Å²) in [6.45, 7) is 0.606. The van der Waals surface area contributed by atoms with Gasteiger partial charge in [-0.2, -0.15) is 0 Å². The molecule has 0 aliphatic heterocycles. The highest BCUT2D eigenvalue weighted by Crippen LogP contribution is 2.31. The van der Waals surface area contributed by atoms with Gasteiger partial charge in [0.1, 0.15) is 0 Å². The van der Waals surface area contributed by atoms with E-state index in [0.717, 1.165) is 24.9 Å². The second-order valence-electron chi connectivity index (χ2n) is 4.26. The monoisotopic (exact) mass is 219 g/mol. The standard InChI is InChI=1S/C12H17N3O/c13-8-9-2-1-3-11(9)12(16)15-10-4-6-14-7-5-10/h4-7,9,11H,1-3,8,13H2,(H,14,15,16). The summed E-state index contributed by atoms with van der Waals surface area (Å²) in [7, 11) is 0. The zero-order chi connectivity index (χ0) is 11.4. The molecule has 3 N–H and O–H groups in total. The van der Waals surface area contributed by atoms with Gasteiger partial charge in [0.05, 0.1) is 0 Å². The van der Waals surface area contributed by atoms with Gasteiger partial charge >= 0.3 is 0 Å². The Kier molecular flexibility index (Phi) is 3.51. The lowest BCUT2D eigenvalue weighted by Gasteiger charge is -2.17. The molecule has 1 aromatic rings. The Balaban J connectivity index is 1.98. The third-order valence-electron chi connectivity index (χ3n) is 3.25. The minimum Gasteiger partial charge on any atom is -0.330 e. The van der Waals surface area contributed by atoms with Crippen molar-refractivity contribution in [3.63, 3.8) is 0 Å². The maximum absolute atomic E-state index is 12.0. The van der Waals surface area contributed by atoms with Crippen LogP contribution in [-0.2, 0) is 4.79 Å². The van der Waals surface area contributed by atoms with E-state index in [4.69, 9.17) is 5.73 Å². The average molecular weight is 219 g/mol. The van der Waals surface area contributed by atoms with Crippen molar-refractivity contribution < 1.29 is 4.79 Å². The Morgan fingerprint density at radius 1 is 1.44 bits per heavy atom. The van der Waals surface area contributed by atoms with Gasteiger partial charge in [0, 0.05) is 24.0 Å². The molecule has 0 bridgehead atoms. The molecular formula is C12H17N3O.